The van der Waals surface area contributed by atoms with Gasteiger partial charge in [-0.3, -0.25) is 4.79 Å². The summed E-state index contributed by atoms with van der Waals surface area (Å²) < 4.78 is 6.59. The molecule has 1 aromatic carbocycles. The standard InChI is InChI=1S/C21H32N2O2/c1-16(2)13-20(24)23-14-17-7-5-6-8-19(17)25-21(15-23)11-9-18(10-12-21)22(3)4/h5-8,16,18H,9-15H2,1-4H3. The summed E-state index contributed by atoms with van der Waals surface area (Å²) in [5.41, 5.74) is 0.900. The number of para-hydroxylation sites is 1. The molecule has 1 heterocycles. The highest BCUT2D eigenvalue weighted by Gasteiger charge is 2.42. The Hall–Kier alpha value is -1.55. The fourth-order valence-corrected chi connectivity index (χ4v) is 4.17. The number of fused-ring (bicyclic) bond motifs is 1. The fraction of sp³-hybridized carbons (Fsp3) is 0.667. The van der Waals surface area contributed by atoms with Crippen molar-refractivity contribution >= 4 is 5.91 Å². The van der Waals surface area contributed by atoms with Crippen LogP contribution in [0.2, 0.25) is 0 Å². The highest BCUT2D eigenvalue weighted by atomic mass is 16.5. The first-order valence-electron chi connectivity index (χ1n) is 9.60. The lowest BCUT2D eigenvalue weighted by Gasteiger charge is -2.43. The van der Waals surface area contributed by atoms with E-state index in [0.29, 0.717) is 31.5 Å². The van der Waals surface area contributed by atoms with Crippen LogP contribution in [-0.2, 0) is 11.3 Å². The van der Waals surface area contributed by atoms with Crippen molar-refractivity contribution in [2.45, 2.75) is 64.1 Å². The van der Waals surface area contributed by atoms with Gasteiger partial charge < -0.3 is 14.5 Å². The van der Waals surface area contributed by atoms with E-state index in [2.05, 4.69) is 45.0 Å². The molecule has 0 aromatic heterocycles. The SMILES string of the molecule is CC(C)CC(=O)N1Cc2ccccc2OC2(CCC(N(C)C)CC2)C1. The smallest absolute Gasteiger partial charge is 0.223 e. The molecule has 1 spiro atoms. The Morgan fingerprint density at radius 2 is 1.96 bits per heavy atom. The molecule has 1 aromatic rings. The lowest BCUT2D eigenvalue weighted by atomic mass is 9.81. The number of ether oxygens (including phenoxy) is 1. The van der Waals surface area contributed by atoms with Gasteiger partial charge in [0.05, 0.1) is 6.54 Å². The lowest BCUT2D eigenvalue weighted by Crippen LogP contribution is -2.51. The van der Waals surface area contributed by atoms with Crippen LogP contribution in [-0.4, -0.2) is 48.0 Å². The third kappa shape index (κ3) is 4.17. The van der Waals surface area contributed by atoms with Crippen molar-refractivity contribution in [1.29, 1.82) is 0 Å². The topological polar surface area (TPSA) is 32.8 Å². The number of hydrogen-bond acceptors (Lipinski definition) is 3. The molecule has 1 aliphatic carbocycles. The van der Waals surface area contributed by atoms with E-state index in [1.165, 1.54) is 0 Å². The van der Waals surface area contributed by atoms with Crippen LogP contribution in [0.5, 0.6) is 5.75 Å². The second-order valence-corrected chi connectivity index (χ2v) is 8.44. The molecule has 0 atom stereocenters. The van der Waals surface area contributed by atoms with Gasteiger partial charge in [0.1, 0.15) is 11.4 Å². The van der Waals surface area contributed by atoms with Gasteiger partial charge in [0.2, 0.25) is 5.91 Å². The molecular formula is C21H32N2O2. The van der Waals surface area contributed by atoms with Crippen molar-refractivity contribution in [3.05, 3.63) is 29.8 Å². The normalized spacial score (nSPS) is 26.5. The van der Waals surface area contributed by atoms with E-state index in [4.69, 9.17) is 4.74 Å². The van der Waals surface area contributed by atoms with E-state index in [9.17, 15) is 4.79 Å². The van der Waals surface area contributed by atoms with E-state index >= 15 is 0 Å². The number of amides is 1. The number of carbonyl (C=O) groups excluding carboxylic acids is 1. The van der Waals surface area contributed by atoms with Gasteiger partial charge in [0, 0.05) is 24.6 Å². The van der Waals surface area contributed by atoms with Gasteiger partial charge in [-0.2, -0.15) is 0 Å². The quantitative estimate of drug-likeness (QED) is 0.838. The van der Waals surface area contributed by atoms with Crippen LogP contribution >= 0.6 is 0 Å². The average molecular weight is 344 g/mol. The molecule has 4 heteroatoms. The maximum atomic E-state index is 12.8. The van der Waals surface area contributed by atoms with Crippen molar-refractivity contribution in [2.75, 3.05) is 20.6 Å². The number of nitrogens with zero attached hydrogens (tertiary/aromatic N) is 2. The maximum absolute atomic E-state index is 12.8. The summed E-state index contributed by atoms with van der Waals surface area (Å²) in [7, 11) is 4.31. The molecule has 1 saturated carbocycles. The summed E-state index contributed by atoms with van der Waals surface area (Å²) in [6.07, 6.45) is 4.88. The minimum atomic E-state index is -0.230. The van der Waals surface area contributed by atoms with Crippen LogP contribution in [0, 0.1) is 5.92 Å². The summed E-state index contributed by atoms with van der Waals surface area (Å²) in [4.78, 5) is 17.2. The van der Waals surface area contributed by atoms with Gasteiger partial charge in [0.15, 0.2) is 0 Å². The van der Waals surface area contributed by atoms with Gasteiger partial charge >= 0.3 is 0 Å². The maximum Gasteiger partial charge on any atom is 0.223 e. The van der Waals surface area contributed by atoms with Gasteiger partial charge in [-0.25, -0.2) is 0 Å². The Morgan fingerprint density at radius 1 is 1.28 bits per heavy atom. The van der Waals surface area contributed by atoms with Crippen LogP contribution in [0.25, 0.3) is 0 Å². The average Bonchev–Trinajstić information content (AvgIpc) is 2.71. The molecule has 1 fully saturated rings. The van der Waals surface area contributed by atoms with E-state index in [1.807, 2.05) is 17.0 Å². The molecule has 4 nitrogen and oxygen atoms in total. The predicted octanol–water partition coefficient (Wildman–Crippen LogP) is 3.70. The molecule has 1 amide bonds. The molecule has 25 heavy (non-hydrogen) atoms. The zero-order chi connectivity index (χ0) is 18.0. The monoisotopic (exact) mass is 344 g/mol. The Labute approximate surface area is 152 Å². The number of carbonyl (C=O) groups is 1. The van der Waals surface area contributed by atoms with E-state index < -0.39 is 0 Å². The van der Waals surface area contributed by atoms with Crippen LogP contribution in [0.4, 0.5) is 0 Å². The first kappa shape index (κ1) is 18.2. The van der Waals surface area contributed by atoms with Crippen LogP contribution in [0.1, 0.15) is 51.5 Å². The molecule has 0 N–H and O–H groups in total. The number of benzene rings is 1. The Bertz CT molecular complexity index is 604. The molecule has 0 saturated heterocycles. The van der Waals surface area contributed by atoms with Gasteiger partial charge in [0.25, 0.3) is 0 Å². The molecular weight excluding hydrogens is 312 g/mol. The Kier molecular flexibility index (Phi) is 5.38. The van der Waals surface area contributed by atoms with Crippen LogP contribution in [0.3, 0.4) is 0 Å². The second-order valence-electron chi connectivity index (χ2n) is 8.44. The predicted molar refractivity (Wildman–Crippen MR) is 101 cm³/mol. The third-order valence-electron chi connectivity index (χ3n) is 5.67. The summed E-state index contributed by atoms with van der Waals surface area (Å²) in [5.74, 6) is 1.60. The summed E-state index contributed by atoms with van der Waals surface area (Å²) in [5, 5.41) is 0. The number of hydrogen-bond donors (Lipinski definition) is 0. The Morgan fingerprint density at radius 3 is 2.60 bits per heavy atom. The van der Waals surface area contributed by atoms with Crippen molar-refractivity contribution in [3.8, 4) is 5.75 Å². The Balaban J connectivity index is 1.85. The molecule has 2 aliphatic rings. The van der Waals surface area contributed by atoms with Crippen LogP contribution in [0.15, 0.2) is 24.3 Å². The summed E-state index contributed by atoms with van der Waals surface area (Å²) in [6, 6.07) is 8.84. The number of rotatable bonds is 3. The van der Waals surface area contributed by atoms with Gasteiger partial charge in [-0.15, -0.1) is 0 Å². The highest BCUT2D eigenvalue weighted by molar-refractivity contribution is 5.76. The minimum absolute atomic E-state index is 0.230. The molecule has 0 unspecified atom stereocenters. The zero-order valence-electron chi connectivity index (χ0n) is 16.1. The first-order valence-corrected chi connectivity index (χ1v) is 9.60. The molecule has 0 radical (unpaired) electrons. The highest BCUT2D eigenvalue weighted by Crippen LogP contribution is 2.39. The van der Waals surface area contributed by atoms with Gasteiger partial charge in [-0.1, -0.05) is 32.0 Å². The second kappa shape index (κ2) is 7.36. The zero-order valence-corrected chi connectivity index (χ0v) is 16.1. The fourth-order valence-electron chi connectivity index (χ4n) is 4.17. The minimum Gasteiger partial charge on any atom is -0.485 e. The molecule has 3 rings (SSSR count). The third-order valence-corrected chi connectivity index (χ3v) is 5.67. The summed E-state index contributed by atoms with van der Waals surface area (Å²) in [6.45, 7) is 5.60. The van der Waals surface area contributed by atoms with Crippen molar-refractivity contribution < 1.29 is 9.53 Å². The van der Waals surface area contributed by atoms with Crippen molar-refractivity contribution in [1.82, 2.24) is 9.80 Å². The van der Waals surface area contributed by atoms with Crippen molar-refractivity contribution in [3.63, 3.8) is 0 Å². The van der Waals surface area contributed by atoms with E-state index in [-0.39, 0.29) is 11.5 Å². The molecule has 138 valence electrons. The van der Waals surface area contributed by atoms with Gasteiger partial charge in [-0.05, 0) is 51.8 Å². The van der Waals surface area contributed by atoms with Crippen LogP contribution < -0.4 is 4.74 Å². The first-order chi connectivity index (χ1) is 11.9. The molecule has 1 aliphatic heterocycles. The lowest BCUT2D eigenvalue weighted by molar-refractivity contribution is -0.135. The van der Waals surface area contributed by atoms with E-state index in [0.717, 1.165) is 37.0 Å². The summed E-state index contributed by atoms with van der Waals surface area (Å²) >= 11 is 0. The molecule has 0 bridgehead atoms. The van der Waals surface area contributed by atoms with Crippen molar-refractivity contribution in [2.24, 2.45) is 5.92 Å². The largest absolute Gasteiger partial charge is 0.485 e. The van der Waals surface area contributed by atoms with E-state index in [1.54, 1.807) is 0 Å².